The minimum absolute atomic E-state index is 0.0594. The van der Waals surface area contributed by atoms with E-state index in [1.807, 2.05) is 12.1 Å². The van der Waals surface area contributed by atoms with E-state index in [1.165, 1.54) is 0 Å². The Kier molecular flexibility index (Phi) is 2.04. The van der Waals surface area contributed by atoms with E-state index in [-0.39, 0.29) is 18.5 Å². The third kappa shape index (κ3) is 1.52. The number of nitrogens with zero attached hydrogens (tertiary/aromatic N) is 2. The largest absolute Gasteiger partial charge is 0.329 e. The predicted molar refractivity (Wildman–Crippen MR) is 62.6 cm³/mol. The molecule has 2 aromatic rings. The molecule has 1 fully saturated rings. The highest BCUT2D eigenvalue weighted by Crippen LogP contribution is 2.22. The van der Waals surface area contributed by atoms with Gasteiger partial charge in [-0.05, 0) is 24.3 Å². The number of anilines is 1. The van der Waals surface area contributed by atoms with Gasteiger partial charge in [0.1, 0.15) is 0 Å². The summed E-state index contributed by atoms with van der Waals surface area (Å²) in [6.45, 7) is 0.0594. The van der Waals surface area contributed by atoms with Gasteiger partial charge in [-0.2, -0.15) is 0 Å². The number of carbonyl (C=O) groups excluding carboxylic acids is 2. The third-order valence-electron chi connectivity index (χ3n) is 2.69. The smallest absolute Gasteiger partial charge is 0.328 e. The van der Waals surface area contributed by atoms with Crippen LogP contribution in [0.15, 0.2) is 36.5 Å². The topological polar surface area (TPSA) is 62.3 Å². The first kappa shape index (κ1) is 9.77. The Labute approximate surface area is 97.1 Å². The van der Waals surface area contributed by atoms with E-state index in [0.29, 0.717) is 5.69 Å². The maximum absolute atomic E-state index is 11.5. The van der Waals surface area contributed by atoms with E-state index in [0.717, 1.165) is 15.8 Å². The second-order valence-electron chi connectivity index (χ2n) is 3.77. The zero-order valence-corrected chi connectivity index (χ0v) is 8.88. The van der Waals surface area contributed by atoms with Gasteiger partial charge in [0.2, 0.25) is 0 Å². The van der Waals surface area contributed by atoms with Gasteiger partial charge in [-0.25, -0.2) is 9.69 Å². The number of hydrogen-bond donors (Lipinski definition) is 1. The van der Waals surface area contributed by atoms with Crippen LogP contribution in [0.3, 0.4) is 0 Å². The molecule has 3 amide bonds. The van der Waals surface area contributed by atoms with E-state index < -0.39 is 0 Å². The van der Waals surface area contributed by atoms with E-state index in [1.54, 1.807) is 24.4 Å². The predicted octanol–water partition coefficient (Wildman–Crippen LogP) is 1.29. The lowest BCUT2D eigenvalue weighted by Gasteiger charge is -2.12. The molecule has 1 aliphatic heterocycles. The number of amides is 3. The first-order valence-corrected chi connectivity index (χ1v) is 5.21. The van der Waals surface area contributed by atoms with Crippen LogP contribution in [0.4, 0.5) is 10.5 Å². The summed E-state index contributed by atoms with van der Waals surface area (Å²) in [5, 5.41) is 3.39. The highest BCUT2D eigenvalue weighted by atomic mass is 16.2. The molecule has 0 radical (unpaired) electrons. The van der Waals surface area contributed by atoms with Crippen molar-refractivity contribution in [3.05, 3.63) is 36.5 Å². The molecule has 2 heterocycles. The number of urea groups is 1. The molecule has 84 valence electrons. The van der Waals surface area contributed by atoms with Gasteiger partial charge in [-0.3, -0.25) is 9.78 Å². The lowest BCUT2D eigenvalue weighted by Crippen LogP contribution is -2.30. The van der Waals surface area contributed by atoms with Gasteiger partial charge in [0, 0.05) is 11.6 Å². The van der Waals surface area contributed by atoms with Crippen molar-refractivity contribution in [1.29, 1.82) is 0 Å². The number of nitrogens with one attached hydrogen (secondary N) is 1. The van der Waals surface area contributed by atoms with Crippen LogP contribution in [0.5, 0.6) is 0 Å². The van der Waals surface area contributed by atoms with Crippen LogP contribution in [0.1, 0.15) is 0 Å². The van der Waals surface area contributed by atoms with Crippen LogP contribution < -0.4 is 10.2 Å². The number of pyridine rings is 1. The minimum atomic E-state index is -0.377. The van der Waals surface area contributed by atoms with Crippen molar-refractivity contribution in [2.24, 2.45) is 0 Å². The van der Waals surface area contributed by atoms with Gasteiger partial charge in [-0.1, -0.05) is 6.07 Å². The average Bonchev–Trinajstić information content (AvgIpc) is 2.68. The first-order valence-electron chi connectivity index (χ1n) is 5.21. The second kappa shape index (κ2) is 3.55. The maximum Gasteiger partial charge on any atom is 0.329 e. The van der Waals surface area contributed by atoms with Crippen LogP contribution >= 0.6 is 0 Å². The zero-order valence-electron chi connectivity index (χ0n) is 8.88. The van der Waals surface area contributed by atoms with Crippen molar-refractivity contribution in [2.45, 2.75) is 0 Å². The number of fused-ring (bicyclic) bond motifs is 1. The standard InChI is InChI=1S/C12H9N3O2/c16-11-7-14-12(17)15(11)9-3-4-10-8(6-9)2-1-5-13-10/h1-6H,7H2,(H,14,17). The van der Waals surface area contributed by atoms with Gasteiger partial charge in [-0.15, -0.1) is 0 Å². The van der Waals surface area contributed by atoms with Crippen molar-refractivity contribution in [2.75, 3.05) is 11.4 Å². The normalized spacial score (nSPS) is 15.4. The highest BCUT2D eigenvalue weighted by molar-refractivity contribution is 6.20. The molecule has 0 spiro atoms. The Morgan fingerprint density at radius 2 is 2.12 bits per heavy atom. The Bertz CT molecular complexity index is 608. The summed E-state index contributed by atoms with van der Waals surface area (Å²) in [7, 11) is 0. The summed E-state index contributed by atoms with van der Waals surface area (Å²) in [4.78, 5) is 28.4. The quantitative estimate of drug-likeness (QED) is 0.747. The summed E-state index contributed by atoms with van der Waals surface area (Å²) < 4.78 is 0. The average molecular weight is 227 g/mol. The molecule has 5 heteroatoms. The molecule has 1 aromatic carbocycles. The summed E-state index contributed by atoms with van der Waals surface area (Å²) in [5.41, 5.74) is 1.41. The van der Waals surface area contributed by atoms with Gasteiger partial charge in [0.15, 0.2) is 0 Å². The monoisotopic (exact) mass is 227 g/mol. The molecule has 1 saturated heterocycles. The van der Waals surface area contributed by atoms with Crippen molar-refractivity contribution in [3.63, 3.8) is 0 Å². The SMILES string of the molecule is O=C1CNC(=O)N1c1ccc2ncccc2c1. The van der Waals surface area contributed by atoms with E-state index in [9.17, 15) is 9.59 Å². The van der Waals surface area contributed by atoms with Crippen LogP contribution in [0, 0.1) is 0 Å². The molecule has 0 atom stereocenters. The Hall–Kier alpha value is -2.43. The fourth-order valence-electron chi connectivity index (χ4n) is 1.89. The van der Waals surface area contributed by atoms with Crippen LogP contribution in [-0.4, -0.2) is 23.5 Å². The zero-order chi connectivity index (χ0) is 11.8. The van der Waals surface area contributed by atoms with Gasteiger partial charge in [0.05, 0.1) is 17.7 Å². The molecular weight excluding hydrogens is 218 g/mol. The molecule has 5 nitrogen and oxygen atoms in total. The Balaban J connectivity index is 2.12. The molecule has 0 saturated carbocycles. The molecule has 3 rings (SSSR count). The molecule has 1 aromatic heterocycles. The van der Waals surface area contributed by atoms with Crippen LogP contribution in [-0.2, 0) is 4.79 Å². The first-order chi connectivity index (χ1) is 8.25. The number of imide groups is 1. The van der Waals surface area contributed by atoms with E-state index >= 15 is 0 Å². The van der Waals surface area contributed by atoms with Crippen molar-refractivity contribution < 1.29 is 9.59 Å². The summed E-state index contributed by atoms with van der Waals surface area (Å²) >= 11 is 0. The maximum atomic E-state index is 11.5. The van der Waals surface area contributed by atoms with Gasteiger partial charge in [0.25, 0.3) is 5.91 Å². The fraction of sp³-hybridized carbons (Fsp3) is 0.0833. The van der Waals surface area contributed by atoms with E-state index in [4.69, 9.17) is 0 Å². The summed E-state index contributed by atoms with van der Waals surface area (Å²) in [6.07, 6.45) is 1.70. The van der Waals surface area contributed by atoms with E-state index in [2.05, 4.69) is 10.3 Å². The molecule has 0 aliphatic carbocycles. The molecule has 17 heavy (non-hydrogen) atoms. The lowest BCUT2D eigenvalue weighted by atomic mass is 10.2. The number of benzene rings is 1. The number of aromatic nitrogens is 1. The molecule has 0 unspecified atom stereocenters. The van der Waals surface area contributed by atoms with Gasteiger partial charge < -0.3 is 5.32 Å². The van der Waals surface area contributed by atoms with Crippen molar-refractivity contribution in [3.8, 4) is 0 Å². The van der Waals surface area contributed by atoms with Crippen molar-refractivity contribution in [1.82, 2.24) is 10.3 Å². The number of hydrogen-bond acceptors (Lipinski definition) is 3. The minimum Gasteiger partial charge on any atom is -0.328 e. The van der Waals surface area contributed by atoms with Crippen molar-refractivity contribution >= 4 is 28.5 Å². The number of rotatable bonds is 1. The third-order valence-corrected chi connectivity index (χ3v) is 2.69. The van der Waals surface area contributed by atoms with Gasteiger partial charge >= 0.3 is 6.03 Å². The fourth-order valence-corrected chi connectivity index (χ4v) is 1.89. The Morgan fingerprint density at radius 3 is 2.88 bits per heavy atom. The van der Waals surface area contributed by atoms with Crippen LogP contribution in [0.2, 0.25) is 0 Å². The highest BCUT2D eigenvalue weighted by Gasteiger charge is 2.29. The molecule has 1 aliphatic rings. The van der Waals surface area contributed by atoms with Crippen LogP contribution in [0.25, 0.3) is 10.9 Å². The second-order valence-corrected chi connectivity index (χ2v) is 3.77. The summed E-state index contributed by atoms with van der Waals surface area (Å²) in [6, 6.07) is 8.63. The summed E-state index contributed by atoms with van der Waals surface area (Å²) in [5.74, 6) is -0.238. The Morgan fingerprint density at radius 1 is 1.24 bits per heavy atom. The molecule has 0 bridgehead atoms. The lowest BCUT2D eigenvalue weighted by molar-refractivity contribution is -0.115. The number of carbonyl (C=O) groups is 2. The molecular formula is C12H9N3O2. The molecule has 1 N–H and O–H groups in total.